The topological polar surface area (TPSA) is 57.5 Å². The fourth-order valence-corrected chi connectivity index (χ4v) is 0.917. The van der Waals surface area contributed by atoms with Gasteiger partial charge >= 0.3 is 5.97 Å². The Morgan fingerprint density at radius 2 is 1.71 bits per heavy atom. The summed E-state index contributed by atoms with van der Waals surface area (Å²) in [5, 5.41) is 17.1. The van der Waals surface area contributed by atoms with E-state index in [1.54, 1.807) is 0 Å². The van der Waals surface area contributed by atoms with Gasteiger partial charge in [-0.25, -0.2) is 18.0 Å². The van der Waals surface area contributed by atoms with Gasteiger partial charge in [-0.3, -0.25) is 0 Å². The molecule has 0 bridgehead atoms. The van der Waals surface area contributed by atoms with E-state index >= 15 is 0 Å². The highest BCUT2D eigenvalue weighted by Crippen LogP contribution is 2.22. The molecule has 0 unspecified atom stereocenters. The summed E-state index contributed by atoms with van der Waals surface area (Å²) < 4.78 is 38.2. The number of rotatable bonds is 2. The molecular formula is C8H5F3O3. The third kappa shape index (κ3) is 1.69. The molecule has 1 atom stereocenters. The Balaban J connectivity index is 3.32. The minimum absolute atomic E-state index is 0.503. The van der Waals surface area contributed by atoms with E-state index in [2.05, 4.69) is 0 Å². The van der Waals surface area contributed by atoms with Crippen LogP contribution in [0.3, 0.4) is 0 Å². The van der Waals surface area contributed by atoms with Crippen LogP contribution in [0.25, 0.3) is 0 Å². The summed E-state index contributed by atoms with van der Waals surface area (Å²) in [6.45, 7) is 0. The van der Waals surface area contributed by atoms with Crippen molar-refractivity contribution in [2.24, 2.45) is 0 Å². The number of hydrogen-bond acceptors (Lipinski definition) is 2. The number of carboxylic acid groups (broad SMARTS) is 1. The molecule has 1 aromatic rings. The highest BCUT2D eigenvalue weighted by molar-refractivity contribution is 5.74. The molecule has 6 heteroatoms. The van der Waals surface area contributed by atoms with Gasteiger partial charge in [0.25, 0.3) is 0 Å². The van der Waals surface area contributed by atoms with Crippen LogP contribution in [0.2, 0.25) is 0 Å². The van der Waals surface area contributed by atoms with Crippen LogP contribution in [0, 0.1) is 17.5 Å². The van der Waals surface area contributed by atoms with Gasteiger partial charge in [0.1, 0.15) is 5.82 Å². The quantitative estimate of drug-likeness (QED) is 0.715. The van der Waals surface area contributed by atoms with E-state index in [1.807, 2.05) is 0 Å². The number of aliphatic hydroxyl groups excluding tert-OH is 1. The number of carboxylic acids is 1. The first-order valence-electron chi connectivity index (χ1n) is 3.49. The van der Waals surface area contributed by atoms with Gasteiger partial charge in [-0.05, 0) is 12.1 Å². The molecule has 0 aliphatic heterocycles. The standard InChI is InChI=1S/C8H5F3O3/c9-3-1-2-4(10)6(11)5(3)7(12)8(13)14/h1-2,7,12H,(H,13,14)/t7-/m1/s1. The molecule has 0 heterocycles. The lowest BCUT2D eigenvalue weighted by Crippen LogP contribution is -2.15. The zero-order chi connectivity index (χ0) is 10.9. The lowest BCUT2D eigenvalue weighted by Gasteiger charge is -2.08. The van der Waals surface area contributed by atoms with Crippen LogP contribution < -0.4 is 0 Å². The van der Waals surface area contributed by atoms with Crippen LogP contribution in [0.5, 0.6) is 0 Å². The molecule has 1 rings (SSSR count). The van der Waals surface area contributed by atoms with E-state index in [9.17, 15) is 18.0 Å². The molecule has 0 aromatic heterocycles. The minimum Gasteiger partial charge on any atom is -0.479 e. The molecule has 0 amide bonds. The van der Waals surface area contributed by atoms with Crippen LogP contribution in [0.1, 0.15) is 11.7 Å². The average molecular weight is 206 g/mol. The predicted octanol–water partition coefficient (Wildman–Crippen LogP) is 1.22. The average Bonchev–Trinajstić information content (AvgIpc) is 2.12. The van der Waals surface area contributed by atoms with Crippen LogP contribution in [-0.4, -0.2) is 16.2 Å². The summed E-state index contributed by atoms with van der Waals surface area (Å²) in [5.41, 5.74) is -1.20. The number of aliphatic carboxylic acids is 1. The Kier molecular flexibility index (Phi) is 2.76. The van der Waals surface area contributed by atoms with Gasteiger partial charge in [-0.2, -0.15) is 0 Å². The highest BCUT2D eigenvalue weighted by atomic mass is 19.2. The van der Waals surface area contributed by atoms with Gasteiger partial charge in [-0.15, -0.1) is 0 Å². The number of benzene rings is 1. The molecule has 0 saturated heterocycles. The Morgan fingerprint density at radius 3 is 2.21 bits per heavy atom. The number of aliphatic hydroxyl groups is 1. The van der Waals surface area contributed by atoms with Crippen LogP contribution in [0.15, 0.2) is 12.1 Å². The van der Waals surface area contributed by atoms with Gasteiger partial charge in [0.15, 0.2) is 17.7 Å². The van der Waals surface area contributed by atoms with E-state index in [4.69, 9.17) is 10.2 Å². The smallest absolute Gasteiger partial charge is 0.337 e. The molecule has 14 heavy (non-hydrogen) atoms. The summed E-state index contributed by atoms with van der Waals surface area (Å²) in [5.74, 6) is -6.27. The molecule has 3 nitrogen and oxygen atoms in total. The lowest BCUT2D eigenvalue weighted by atomic mass is 10.1. The van der Waals surface area contributed by atoms with Gasteiger partial charge < -0.3 is 10.2 Å². The second-order valence-corrected chi connectivity index (χ2v) is 2.50. The van der Waals surface area contributed by atoms with Crippen molar-refractivity contribution < 1.29 is 28.2 Å². The molecule has 2 N–H and O–H groups in total. The van der Waals surface area contributed by atoms with Crippen molar-refractivity contribution in [1.29, 1.82) is 0 Å². The Labute approximate surface area is 76.4 Å². The van der Waals surface area contributed by atoms with E-state index in [0.29, 0.717) is 12.1 Å². The maximum absolute atomic E-state index is 12.8. The Morgan fingerprint density at radius 1 is 1.21 bits per heavy atom. The Hall–Kier alpha value is -1.56. The molecule has 1 aromatic carbocycles. The maximum atomic E-state index is 12.8. The van der Waals surface area contributed by atoms with E-state index < -0.39 is 35.1 Å². The third-order valence-electron chi connectivity index (χ3n) is 1.59. The summed E-state index contributed by atoms with van der Waals surface area (Å²) >= 11 is 0. The van der Waals surface area contributed by atoms with Gasteiger partial charge in [-0.1, -0.05) is 0 Å². The van der Waals surface area contributed by atoms with Crippen LogP contribution in [0.4, 0.5) is 13.2 Å². The maximum Gasteiger partial charge on any atom is 0.337 e. The van der Waals surface area contributed by atoms with E-state index in [-0.39, 0.29) is 0 Å². The van der Waals surface area contributed by atoms with Crippen molar-refractivity contribution in [3.8, 4) is 0 Å². The molecule has 76 valence electrons. The largest absolute Gasteiger partial charge is 0.479 e. The van der Waals surface area contributed by atoms with Crippen molar-refractivity contribution >= 4 is 5.97 Å². The molecule has 0 spiro atoms. The zero-order valence-corrected chi connectivity index (χ0v) is 6.67. The first kappa shape index (κ1) is 10.5. The first-order chi connectivity index (χ1) is 6.45. The molecule has 0 radical (unpaired) electrons. The molecule has 0 aliphatic carbocycles. The lowest BCUT2D eigenvalue weighted by molar-refractivity contribution is -0.147. The third-order valence-corrected chi connectivity index (χ3v) is 1.59. The zero-order valence-electron chi connectivity index (χ0n) is 6.67. The fourth-order valence-electron chi connectivity index (χ4n) is 0.917. The normalized spacial score (nSPS) is 12.6. The summed E-state index contributed by atoms with van der Waals surface area (Å²) in [7, 11) is 0. The van der Waals surface area contributed by atoms with Gasteiger partial charge in [0, 0.05) is 0 Å². The van der Waals surface area contributed by atoms with Crippen molar-refractivity contribution in [2.75, 3.05) is 0 Å². The SMILES string of the molecule is O=C(O)[C@H](O)c1c(F)ccc(F)c1F. The molecule has 0 aliphatic rings. The monoisotopic (exact) mass is 206 g/mol. The van der Waals surface area contributed by atoms with Gasteiger partial charge in [0.2, 0.25) is 0 Å². The Bertz CT molecular complexity index is 378. The van der Waals surface area contributed by atoms with Crippen LogP contribution >= 0.6 is 0 Å². The number of carbonyl (C=O) groups is 1. The molecule has 0 saturated carbocycles. The highest BCUT2D eigenvalue weighted by Gasteiger charge is 2.26. The molecule has 0 fully saturated rings. The number of halogens is 3. The summed E-state index contributed by atoms with van der Waals surface area (Å²) in [6, 6.07) is 1.04. The van der Waals surface area contributed by atoms with Crippen molar-refractivity contribution in [2.45, 2.75) is 6.10 Å². The summed E-state index contributed by atoms with van der Waals surface area (Å²) in [6.07, 6.45) is -2.41. The van der Waals surface area contributed by atoms with Crippen molar-refractivity contribution in [3.05, 3.63) is 35.1 Å². The van der Waals surface area contributed by atoms with Crippen LogP contribution in [-0.2, 0) is 4.79 Å². The predicted molar refractivity (Wildman–Crippen MR) is 38.9 cm³/mol. The fraction of sp³-hybridized carbons (Fsp3) is 0.125. The second kappa shape index (κ2) is 3.67. The van der Waals surface area contributed by atoms with Crippen molar-refractivity contribution in [1.82, 2.24) is 0 Å². The second-order valence-electron chi connectivity index (χ2n) is 2.50. The minimum atomic E-state index is -2.41. The molecular weight excluding hydrogens is 201 g/mol. The van der Waals surface area contributed by atoms with E-state index in [0.717, 1.165) is 0 Å². The summed E-state index contributed by atoms with van der Waals surface area (Å²) in [4.78, 5) is 10.2. The van der Waals surface area contributed by atoms with Crippen molar-refractivity contribution in [3.63, 3.8) is 0 Å². The number of hydrogen-bond donors (Lipinski definition) is 2. The van der Waals surface area contributed by atoms with E-state index in [1.165, 1.54) is 0 Å². The first-order valence-corrected chi connectivity index (χ1v) is 3.49. The van der Waals surface area contributed by atoms with Gasteiger partial charge in [0.05, 0.1) is 5.56 Å².